The van der Waals surface area contributed by atoms with Gasteiger partial charge in [0.2, 0.25) is 0 Å². The summed E-state index contributed by atoms with van der Waals surface area (Å²) in [6.07, 6.45) is 0.904. The smallest absolute Gasteiger partial charge is 0.257 e. The van der Waals surface area contributed by atoms with Gasteiger partial charge in [-0.25, -0.2) is 0 Å². The monoisotopic (exact) mass is 418 g/mol. The summed E-state index contributed by atoms with van der Waals surface area (Å²) in [5.74, 6) is 1.34. The Labute approximate surface area is 178 Å². The zero-order valence-corrected chi connectivity index (χ0v) is 17.8. The first-order valence-electron chi connectivity index (χ1n) is 10.0. The number of thiophene rings is 1. The van der Waals surface area contributed by atoms with Crippen molar-refractivity contribution in [2.75, 3.05) is 6.54 Å². The molecule has 0 aliphatic carbocycles. The van der Waals surface area contributed by atoms with Crippen LogP contribution in [-0.2, 0) is 19.6 Å². The highest BCUT2D eigenvalue weighted by molar-refractivity contribution is 7.10. The van der Waals surface area contributed by atoms with E-state index >= 15 is 0 Å². The molecule has 0 bridgehead atoms. The third kappa shape index (κ3) is 3.37. The highest BCUT2D eigenvalue weighted by atomic mass is 32.1. The molecule has 0 saturated heterocycles. The minimum absolute atomic E-state index is 0.00589. The number of fused-ring (bicyclic) bond motifs is 2. The lowest BCUT2D eigenvalue weighted by Crippen LogP contribution is -2.35. The van der Waals surface area contributed by atoms with E-state index in [9.17, 15) is 4.79 Å². The van der Waals surface area contributed by atoms with Crippen LogP contribution >= 0.6 is 11.3 Å². The Morgan fingerprint density at radius 2 is 2.00 bits per heavy atom. The number of aromatic nitrogens is 1. The minimum atomic E-state index is 0.00589. The summed E-state index contributed by atoms with van der Waals surface area (Å²) in [5, 5.41) is 8.17. The van der Waals surface area contributed by atoms with E-state index in [4.69, 9.17) is 9.26 Å². The van der Waals surface area contributed by atoms with Gasteiger partial charge in [-0.15, -0.1) is 11.3 Å². The van der Waals surface area contributed by atoms with Gasteiger partial charge in [0.05, 0.1) is 16.8 Å². The zero-order chi connectivity index (χ0) is 20.7. The maximum absolute atomic E-state index is 13.5. The number of ether oxygens (including phenoxy) is 1. The quantitative estimate of drug-likeness (QED) is 0.452. The van der Waals surface area contributed by atoms with Gasteiger partial charge in [0.15, 0.2) is 0 Å². The third-order valence-electron chi connectivity index (χ3n) is 5.73. The number of hydrogen-bond donors (Lipinski definition) is 0. The summed E-state index contributed by atoms with van der Waals surface area (Å²) >= 11 is 1.77. The number of hydrogen-bond acceptors (Lipinski definition) is 5. The standard InChI is InChI=1S/C24H22N2O3S/c1-15-21(16(2)29-25-15)14-28-22-12-18-6-4-3-5-17(18)11-20(22)24(27)26-9-7-23-19(13-26)8-10-30-23/h3-6,8,10-12H,7,9,13-14H2,1-2H3. The van der Waals surface area contributed by atoms with E-state index in [0.717, 1.165) is 40.8 Å². The Hall–Kier alpha value is -3.12. The second-order valence-corrected chi connectivity index (χ2v) is 8.63. The van der Waals surface area contributed by atoms with Gasteiger partial charge in [-0.1, -0.05) is 29.4 Å². The van der Waals surface area contributed by atoms with E-state index < -0.39 is 0 Å². The van der Waals surface area contributed by atoms with Gasteiger partial charge in [-0.3, -0.25) is 4.79 Å². The molecule has 1 amide bonds. The van der Waals surface area contributed by atoms with Crippen molar-refractivity contribution in [1.82, 2.24) is 10.1 Å². The topological polar surface area (TPSA) is 55.6 Å². The van der Waals surface area contributed by atoms with Crippen molar-refractivity contribution in [2.45, 2.75) is 33.4 Å². The lowest BCUT2D eigenvalue weighted by atomic mass is 10.0. The maximum atomic E-state index is 13.5. The first-order chi connectivity index (χ1) is 14.6. The second-order valence-electron chi connectivity index (χ2n) is 7.63. The Balaban J connectivity index is 1.49. The van der Waals surface area contributed by atoms with Crippen molar-refractivity contribution in [3.63, 3.8) is 0 Å². The summed E-state index contributed by atoms with van der Waals surface area (Å²) in [6.45, 7) is 5.45. The molecule has 0 saturated carbocycles. The van der Waals surface area contributed by atoms with Crippen LogP contribution < -0.4 is 4.74 Å². The largest absolute Gasteiger partial charge is 0.488 e. The molecule has 1 aliphatic rings. The molecule has 0 unspecified atom stereocenters. The summed E-state index contributed by atoms with van der Waals surface area (Å²) < 4.78 is 11.4. The highest BCUT2D eigenvalue weighted by Gasteiger charge is 2.25. The van der Waals surface area contributed by atoms with Gasteiger partial charge in [-0.2, -0.15) is 0 Å². The van der Waals surface area contributed by atoms with Gasteiger partial charge in [-0.05, 0) is 60.2 Å². The SMILES string of the molecule is Cc1noc(C)c1COc1cc2ccccc2cc1C(=O)N1CCc2sccc2C1. The predicted octanol–water partition coefficient (Wildman–Crippen LogP) is 5.28. The Kier molecular flexibility index (Phi) is 4.79. The molecule has 3 heterocycles. The number of aryl methyl sites for hydroxylation is 2. The van der Waals surface area contributed by atoms with E-state index in [-0.39, 0.29) is 5.91 Å². The number of benzene rings is 2. The van der Waals surface area contributed by atoms with Gasteiger partial charge in [0.1, 0.15) is 18.1 Å². The first kappa shape index (κ1) is 18.9. The Morgan fingerprint density at radius 1 is 1.20 bits per heavy atom. The number of carbonyl (C=O) groups excluding carboxylic acids is 1. The first-order valence-corrected chi connectivity index (χ1v) is 10.9. The Bertz CT molecular complexity index is 1220. The molecule has 0 spiro atoms. The van der Waals surface area contributed by atoms with Crippen LogP contribution in [0.25, 0.3) is 10.8 Å². The van der Waals surface area contributed by atoms with Crippen LogP contribution in [-0.4, -0.2) is 22.5 Å². The molecule has 2 aromatic carbocycles. The van der Waals surface area contributed by atoms with Crippen LogP contribution in [0, 0.1) is 13.8 Å². The van der Waals surface area contributed by atoms with Crippen LogP contribution in [0.15, 0.2) is 52.4 Å². The fraction of sp³-hybridized carbons (Fsp3) is 0.250. The van der Waals surface area contributed by atoms with Crippen molar-refractivity contribution < 1.29 is 14.1 Å². The van der Waals surface area contributed by atoms with E-state index in [1.807, 2.05) is 55.1 Å². The molecule has 4 aromatic rings. The van der Waals surface area contributed by atoms with Crippen LogP contribution in [0.1, 0.15) is 37.8 Å². The molecule has 5 rings (SSSR count). The van der Waals surface area contributed by atoms with E-state index in [2.05, 4.69) is 16.6 Å². The van der Waals surface area contributed by atoms with Crippen LogP contribution in [0.4, 0.5) is 0 Å². The minimum Gasteiger partial charge on any atom is -0.488 e. The molecular formula is C24H22N2O3S. The van der Waals surface area contributed by atoms with E-state index in [1.54, 1.807) is 11.3 Å². The van der Waals surface area contributed by atoms with Crippen molar-refractivity contribution in [2.24, 2.45) is 0 Å². The van der Waals surface area contributed by atoms with Gasteiger partial charge in [0.25, 0.3) is 5.91 Å². The molecule has 0 atom stereocenters. The summed E-state index contributed by atoms with van der Waals surface area (Å²) in [6, 6.07) is 14.1. The highest BCUT2D eigenvalue weighted by Crippen LogP contribution is 2.31. The number of rotatable bonds is 4. The fourth-order valence-corrected chi connectivity index (χ4v) is 4.85. The zero-order valence-electron chi connectivity index (χ0n) is 17.0. The maximum Gasteiger partial charge on any atom is 0.257 e. The molecule has 0 radical (unpaired) electrons. The second kappa shape index (κ2) is 7.61. The average Bonchev–Trinajstić information content (AvgIpc) is 3.36. The molecule has 5 nitrogen and oxygen atoms in total. The number of nitrogens with zero attached hydrogens (tertiary/aromatic N) is 2. The third-order valence-corrected chi connectivity index (χ3v) is 6.75. The van der Waals surface area contributed by atoms with Crippen LogP contribution in [0.5, 0.6) is 5.75 Å². The number of carbonyl (C=O) groups is 1. The normalized spacial score (nSPS) is 13.5. The van der Waals surface area contributed by atoms with E-state index in [1.165, 1.54) is 10.4 Å². The van der Waals surface area contributed by atoms with Crippen molar-refractivity contribution >= 4 is 28.0 Å². The molecule has 2 aromatic heterocycles. The van der Waals surface area contributed by atoms with Crippen molar-refractivity contribution in [3.05, 3.63) is 80.9 Å². The van der Waals surface area contributed by atoms with Crippen molar-refractivity contribution in [1.29, 1.82) is 0 Å². The van der Waals surface area contributed by atoms with Crippen molar-refractivity contribution in [3.8, 4) is 5.75 Å². The molecule has 0 fully saturated rings. The van der Waals surface area contributed by atoms with Crippen LogP contribution in [0.2, 0.25) is 0 Å². The predicted molar refractivity (Wildman–Crippen MR) is 117 cm³/mol. The summed E-state index contributed by atoms with van der Waals surface area (Å²) in [4.78, 5) is 16.8. The average molecular weight is 419 g/mol. The van der Waals surface area contributed by atoms with Gasteiger partial charge in [0, 0.05) is 18.0 Å². The van der Waals surface area contributed by atoms with Gasteiger partial charge >= 0.3 is 0 Å². The fourth-order valence-electron chi connectivity index (χ4n) is 3.96. The molecule has 6 heteroatoms. The Morgan fingerprint density at radius 3 is 2.77 bits per heavy atom. The molecule has 1 aliphatic heterocycles. The summed E-state index contributed by atoms with van der Waals surface area (Å²) in [7, 11) is 0. The number of amides is 1. The molecule has 0 N–H and O–H groups in total. The van der Waals surface area contributed by atoms with E-state index in [0.29, 0.717) is 24.5 Å². The molecule has 152 valence electrons. The van der Waals surface area contributed by atoms with Gasteiger partial charge < -0.3 is 14.2 Å². The molecular weight excluding hydrogens is 396 g/mol. The lowest BCUT2D eigenvalue weighted by molar-refractivity contribution is 0.0731. The lowest BCUT2D eigenvalue weighted by Gasteiger charge is -2.28. The summed E-state index contributed by atoms with van der Waals surface area (Å²) in [5.41, 5.74) is 3.57. The molecule has 30 heavy (non-hydrogen) atoms. The van der Waals surface area contributed by atoms with Crippen LogP contribution in [0.3, 0.4) is 0 Å².